The zero-order valence-corrected chi connectivity index (χ0v) is 17.4. The number of methoxy groups -OCH3 is 1. The van der Waals surface area contributed by atoms with Crippen LogP contribution in [0.5, 0.6) is 5.75 Å². The molecule has 1 aromatic carbocycles. The van der Waals surface area contributed by atoms with Crippen molar-refractivity contribution in [1.82, 2.24) is 9.88 Å². The summed E-state index contributed by atoms with van der Waals surface area (Å²) in [4.78, 5) is 20.9. The van der Waals surface area contributed by atoms with Gasteiger partial charge >= 0.3 is 5.97 Å². The van der Waals surface area contributed by atoms with Crippen LogP contribution in [0.25, 0.3) is 0 Å². The van der Waals surface area contributed by atoms with E-state index in [2.05, 4.69) is 39.0 Å². The molecule has 6 heteroatoms. The van der Waals surface area contributed by atoms with Gasteiger partial charge in [-0.25, -0.2) is 9.78 Å². The van der Waals surface area contributed by atoms with Gasteiger partial charge in [0, 0.05) is 37.9 Å². The van der Waals surface area contributed by atoms with Crippen molar-refractivity contribution in [2.75, 3.05) is 31.6 Å². The molecule has 1 N–H and O–H groups in total. The molecule has 0 amide bonds. The van der Waals surface area contributed by atoms with Gasteiger partial charge in [-0.3, -0.25) is 4.90 Å². The van der Waals surface area contributed by atoms with E-state index >= 15 is 0 Å². The molecule has 0 saturated carbocycles. The van der Waals surface area contributed by atoms with Crippen molar-refractivity contribution in [2.45, 2.75) is 37.8 Å². The predicted octanol–water partition coefficient (Wildman–Crippen LogP) is 3.84. The second-order valence-electron chi connectivity index (χ2n) is 8.96. The molecule has 2 bridgehead atoms. The zero-order valence-electron chi connectivity index (χ0n) is 17.4. The van der Waals surface area contributed by atoms with E-state index < -0.39 is 5.97 Å². The van der Waals surface area contributed by atoms with Gasteiger partial charge in [-0.15, -0.1) is 0 Å². The molecule has 2 aromatic rings. The third-order valence-electron chi connectivity index (χ3n) is 7.20. The third kappa shape index (κ3) is 3.54. The number of nitrogens with zero attached hydrogens (tertiary/aromatic N) is 3. The smallest absolute Gasteiger partial charge is 0.335 e. The molecule has 3 aliphatic rings. The monoisotopic (exact) mass is 407 g/mol. The van der Waals surface area contributed by atoms with Crippen LogP contribution in [0.3, 0.4) is 0 Å². The highest BCUT2D eigenvalue weighted by atomic mass is 16.5. The van der Waals surface area contributed by atoms with Crippen LogP contribution in [0.15, 0.2) is 42.6 Å². The molecule has 0 spiro atoms. The molecule has 3 aliphatic heterocycles. The summed E-state index contributed by atoms with van der Waals surface area (Å²) in [5, 5.41) is 9.33. The van der Waals surface area contributed by atoms with Crippen molar-refractivity contribution in [3.63, 3.8) is 0 Å². The van der Waals surface area contributed by atoms with Crippen LogP contribution in [0.2, 0.25) is 0 Å². The number of rotatable bonds is 4. The Bertz CT molecular complexity index is 916. The molecule has 30 heavy (non-hydrogen) atoms. The molecule has 4 heterocycles. The van der Waals surface area contributed by atoms with E-state index in [1.54, 1.807) is 25.4 Å². The third-order valence-corrected chi connectivity index (χ3v) is 7.20. The number of carboxylic acid groups (broad SMARTS) is 1. The molecule has 0 aliphatic carbocycles. The van der Waals surface area contributed by atoms with Crippen molar-refractivity contribution in [3.05, 3.63) is 53.7 Å². The Morgan fingerprint density at radius 2 is 1.97 bits per heavy atom. The minimum Gasteiger partial charge on any atom is -0.497 e. The van der Waals surface area contributed by atoms with Crippen LogP contribution < -0.4 is 9.64 Å². The lowest BCUT2D eigenvalue weighted by Crippen LogP contribution is -2.59. The number of pyridine rings is 1. The first-order chi connectivity index (χ1) is 14.6. The van der Waals surface area contributed by atoms with Crippen molar-refractivity contribution >= 4 is 11.8 Å². The zero-order chi connectivity index (χ0) is 20.7. The number of anilines is 1. The summed E-state index contributed by atoms with van der Waals surface area (Å²) in [6, 6.07) is 13.0. The van der Waals surface area contributed by atoms with E-state index in [0.29, 0.717) is 29.5 Å². The van der Waals surface area contributed by atoms with Gasteiger partial charge in [0.25, 0.3) is 0 Å². The Hall–Kier alpha value is -2.60. The van der Waals surface area contributed by atoms with Gasteiger partial charge in [0.2, 0.25) is 0 Å². The van der Waals surface area contributed by atoms with Gasteiger partial charge in [-0.05, 0) is 67.3 Å². The molecule has 0 unspecified atom stereocenters. The Kier molecular flexibility index (Phi) is 5.11. The lowest BCUT2D eigenvalue weighted by atomic mass is 9.74. The number of piperidine rings is 3. The van der Waals surface area contributed by atoms with Gasteiger partial charge in [-0.2, -0.15) is 0 Å². The lowest BCUT2D eigenvalue weighted by molar-refractivity contribution is -0.0201. The maximum atomic E-state index is 11.4. The van der Waals surface area contributed by atoms with Crippen LogP contribution in [0.1, 0.15) is 47.6 Å². The minimum absolute atomic E-state index is 0.314. The normalized spacial score (nSPS) is 28.6. The first-order valence-electron chi connectivity index (χ1n) is 11.0. The maximum absolute atomic E-state index is 11.4. The van der Waals surface area contributed by atoms with Gasteiger partial charge in [-0.1, -0.05) is 12.1 Å². The van der Waals surface area contributed by atoms with E-state index in [-0.39, 0.29) is 0 Å². The summed E-state index contributed by atoms with van der Waals surface area (Å²) in [6.07, 6.45) is 6.61. The molecule has 1 aromatic heterocycles. The van der Waals surface area contributed by atoms with Gasteiger partial charge < -0.3 is 14.7 Å². The van der Waals surface area contributed by atoms with Crippen molar-refractivity contribution in [1.29, 1.82) is 0 Å². The molecule has 158 valence electrons. The predicted molar refractivity (Wildman–Crippen MR) is 115 cm³/mol. The van der Waals surface area contributed by atoms with Gasteiger partial charge in [0.05, 0.1) is 12.7 Å². The molecule has 0 radical (unpaired) electrons. The highest BCUT2D eigenvalue weighted by Crippen LogP contribution is 2.45. The first-order valence-corrected chi connectivity index (χ1v) is 11.0. The molecule has 4 atom stereocenters. The van der Waals surface area contributed by atoms with Crippen LogP contribution in [0.4, 0.5) is 5.82 Å². The largest absolute Gasteiger partial charge is 0.497 e. The lowest BCUT2D eigenvalue weighted by Gasteiger charge is -2.55. The quantitative estimate of drug-likeness (QED) is 0.831. The highest BCUT2D eigenvalue weighted by molar-refractivity contribution is 5.88. The van der Waals surface area contributed by atoms with Crippen LogP contribution in [0, 0.1) is 11.8 Å². The standard InChI is InChI=1S/C24H29N3O3/c1-30-20-7-5-17(6-8-20)21-3-2-4-22-19-11-16(14-27(21)22)13-26(15-19)23-12-18(24(28)29)9-10-25-23/h5-10,12,16,19,21-22H,2-4,11,13-15H2,1H3,(H,28,29)/t16-,19+,21+,22-/m0/s1. The second kappa shape index (κ2) is 7.91. The number of carboxylic acids is 1. The average Bonchev–Trinajstić information content (AvgIpc) is 2.79. The van der Waals surface area contributed by atoms with Crippen molar-refractivity contribution in [2.24, 2.45) is 11.8 Å². The van der Waals surface area contributed by atoms with E-state index in [0.717, 1.165) is 31.2 Å². The number of aromatic carboxylic acids is 1. The second-order valence-corrected chi connectivity index (χ2v) is 8.96. The van der Waals surface area contributed by atoms with E-state index in [9.17, 15) is 9.90 Å². The fourth-order valence-corrected chi connectivity index (χ4v) is 5.90. The SMILES string of the molecule is COc1ccc([C@H]2CCC[C@H]3[C@@H]4C[C@@H](CN(c5cc(C(=O)O)ccn5)C4)CN23)cc1. The molecular weight excluding hydrogens is 378 g/mol. The highest BCUT2D eigenvalue weighted by Gasteiger charge is 2.45. The van der Waals surface area contributed by atoms with Crippen molar-refractivity contribution in [3.8, 4) is 5.75 Å². The summed E-state index contributed by atoms with van der Waals surface area (Å²) in [7, 11) is 1.71. The molecular formula is C24H29N3O3. The van der Waals surface area contributed by atoms with E-state index in [1.807, 2.05) is 0 Å². The fraction of sp³-hybridized carbons (Fsp3) is 0.500. The van der Waals surface area contributed by atoms with Crippen LogP contribution in [-0.2, 0) is 0 Å². The fourth-order valence-electron chi connectivity index (χ4n) is 5.90. The number of aromatic nitrogens is 1. The number of hydrogen-bond acceptors (Lipinski definition) is 5. The Morgan fingerprint density at radius 1 is 1.13 bits per heavy atom. The summed E-state index contributed by atoms with van der Waals surface area (Å²) in [5.74, 6) is 2.02. The number of ether oxygens (including phenoxy) is 1. The van der Waals surface area contributed by atoms with Gasteiger partial charge in [0.1, 0.15) is 11.6 Å². The van der Waals surface area contributed by atoms with E-state index in [4.69, 9.17) is 4.74 Å². The Morgan fingerprint density at radius 3 is 2.73 bits per heavy atom. The summed E-state index contributed by atoms with van der Waals surface area (Å²) in [6.45, 7) is 3.02. The maximum Gasteiger partial charge on any atom is 0.335 e. The van der Waals surface area contributed by atoms with Gasteiger partial charge in [0.15, 0.2) is 0 Å². The average molecular weight is 408 g/mol. The summed E-state index contributed by atoms with van der Waals surface area (Å²) < 4.78 is 5.34. The van der Waals surface area contributed by atoms with Crippen LogP contribution in [-0.4, -0.2) is 53.7 Å². The molecule has 5 rings (SSSR count). The number of fused-ring (bicyclic) bond motifs is 4. The molecule has 3 saturated heterocycles. The molecule has 6 nitrogen and oxygen atoms in total. The Labute approximate surface area is 177 Å². The minimum atomic E-state index is -0.892. The summed E-state index contributed by atoms with van der Waals surface area (Å²) in [5.41, 5.74) is 1.71. The number of benzene rings is 1. The van der Waals surface area contributed by atoms with Crippen molar-refractivity contribution < 1.29 is 14.6 Å². The summed E-state index contributed by atoms with van der Waals surface area (Å²) >= 11 is 0. The van der Waals surface area contributed by atoms with Crippen LogP contribution >= 0.6 is 0 Å². The molecule has 3 fully saturated rings. The first kappa shape index (κ1) is 19.4. The number of carbonyl (C=O) groups is 1. The topological polar surface area (TPSA) is 65.9 Å². The Balaban J connectivity index is 1.36. The van der Waals surface area contributed by atoms with E-state index in [1.165, 1.54) is 31.2 Å². The number of hydrogen-bond donors (Lipinski definition) is 1.